The van der Waals surface area contributed by atoms with E-state index < -0.39 is 18.5 Å². The van der Waals surface area contributed by atoms with E-state index in [-0.39, 0.29) is 44.6 Å². The van der Waals surface area contributed by atoms with Crippen molar-refractivity contribution in [2.75, 3.05) is 19.7 Å². The maximum atomic E-state index is 12.0. The second kappa shape index (κ2) is 11.6. The van der Waals surface area contributed by atoms with Crippen LogP contribution in [-0.4, -0.2) is 42.3 Å². The Hall–Kier alpha value is -2.90. The number of carbonyl (C=O) groups is 3. The first kappa shape index (κ1) is 21.1. The van der Waals surface area contributed by atoms with E-state index >= 15 is 0 Å². The van der Waals surface area contributed by atoms with Gasteiger partial charge in [-0.1, -0.05) is 11.6 Å². The van der Waals surface area contributed by atoms with E-state index in [1.165, 1.54) is 4.90 Å². The third kappa shape index (κ3) is 7.78. The molecule has 8 heteroatoms. The summed E-state index contributed by atoms with van der Waals surface area (Å²) >= 11 is 5.75. The lowest BCUT2D eigenvalue weighted by molar-refractivity contribution is -0.152. The van der Waals surface area contributed by atoms with Crippen molar-refractivity contribution in [3.05, 3.63) is 34.9 Å². The van der Waals surface area contributed by atoms with Crippen LogP contribution in [0.1, 0.15) is 36.0 Å². The number of ketones is 1. The molecule has 1 rings (SSSR count). The smallest absolute Gasteiger partial charge is 0.306 e. The molecule has 0 saturated heterocycles. The Balaban J connectivity index is 2.40. The van der Waals surface area contributed by atoms with Crippen LogP contribution in [0.4, 0.5) is 0 Å². The highest BCUT2D eigenvalue weighted by molar-refractivity contribution is 6.30. The summed E-state index contributed by atoms with van der Waals surface area (Å²) < 4.78 is 4.88. The Kier molecular flexibility index (Phi) is 9.45. The molecule has 0 radical (unpaired) electrons. The number of amides is 1. The molecule has 1 amide bonds. The van der Waals surface area contributed by atoms with E-state index in [9.17, 15) is 14.4 Å². The molecule has 0 aliphatic carbocycles. The third-order valence-electron chi connectivity index (χ3n) is 3.42. The molecule has 0 spiro atoms. The second-order valence-corrected chi connectivity index (χ2v) is 5.72. The normalized spacial score (nSPS) is 9.65. The van der Waals surface area contributed by atoms with Crippen LogP contribution in [0.3, 0.4) is 0 Å². The lowest BCUT2D eigenvalue weighted by Gasteiger charge is -2.20. The minimum absolute atomic E-state index is 0.0404. The van der Waals surface area contributed by atoms with E-state index in [1.807, 2.05) is 12.1 Å². The van der Waals surface area contributed by atoms with Crippen LogP contribution in [0.2, 0.25) is 5.02 Å². The number of Topliss-reactive ketones (excluding diaryl/α,β-unsaturated/α-hetero) is 1. The predicted molar refractivity (Wildman–Crippen MR) is 93.0 cm³/mol. The fourth-order valence-corrected chi connectivity index (χ4v) is 2.16. The molecule has 0 N–H and O–H groups in total. The Labute approximate surface area is 156 Å². The van der Waals surface area contributed by atoms with E-state index in [0.29, 0.717) is 10.6 Å². The van der Waals surface area contributed by atoms with Crippen LogP contribution in [0.25, 0.3) is 0 Å². The molecule has 0 atom stereocenters. The zero-order chi connectivity index (χ0) is 19.4. The van der Waals surface area contributed by atoms with Crippen LogP contribution in [0.15, 0.2) is 24.3 Å². The summed E-state index contributed by atoms with van der Waals surface area (Å²) in [7, 11) is 0. The highest BCUT2D eigenvalue weighted by Crippen LogP contribution is 2.12. The van der Waals surface area contributed by atoms with Crippen LogP contribution in [0.5, 0.6) is 0 Å². The molecule has 0 bridgehead atoms. The molecule has 0 aliphatic rings. The van der Waals surface area contributed by atoms with Gasteiger partial charge in [-0.2, -0.15) is 10.5 Å². The van der Waals surface area contributed by atoms with E-state index in [2.05, 4.69) is 0 Å². The van der Waals surface area contributed by atoms with Gasteiger partial charge in [0.15, 0.2) is 12.4 Å². The minimum atomic E-state index is -0.666. The van der Waals surface area contributed by atoms with Gasteiger partial charge in [-0.25, -0.2) is 0 Å². The molecule has 26 heavy (non-hydrogen) atoms. The number of hydrogen-bond donors (Lipinski definition) is 0. The van der Waals surface area contributed by atoms with Crippen molar-refractivity contribution >= 4 is 29.3 Å². The molecule has 0 aliphatic heterocycles. The SMILES string of the molecule is N#CCCN(CCC#N)C(=O)COC(=O)CCC(=O)c1ccc(Cl)cc1. The molecule has 136 valence electrons. The van der Waals surface area contributed by atoms with Crippen molar-refractivity contribution in [2.45, 2.75) is 25.7 Å². The van der Waals surface area contributed by atoms with Crippen molar-refractivity contribution in [2.24, 2.45) is 0 Å². The first-order valence-corrected chi connectivity index (χ1v) is 8.31. The second-order valence-electron chi connectivity index (χ2n) is 5.29. The highest BCUT2D eigenvalue weighted by atomic mass is 35.5. The standard InChI is InChI=1S/C18H18ClN3O4/c19-15-5-3-14(4-6-15)16(23)7-8-18(25)26-13-17(24)22(11-1-9-20)12-2-10-21/h3-6H,1-2,7-8,11-13H2. The Morgan fingerprint density at radius 3 is 2.12 bits per heavy atom. The summed E-state index contributed by atoms with van der Waals surface area (Å²) in [5.74, 6) is -1.37. The number of carbonyl (C=O) groups excluding carboxylic acids is 3. The summed E-state index contributed by atoms with van der Waals surface area (Å²) in [6.07, 6.45) is 0.0633. The predicted octanol–water partition coefficient (Wildman–Crippen LogP) is 2.50. The molecule has 0 aromatic heterocycles. The van der Waals surface area contributed by atoms with Gasteiger partial charge in [0.1, 0.15) is 0 Å². The zero-order valence-corrected chi connectivity index (χ0v) is 14.9. The first-order chi connectivity index (χ1) is 12.5. The van der Waals surface area contributed by atoms with Gasteiger partial charge >= 0.3 is 5.97 Å². The van der Waals surface area contributed by atoms with Gasteiger partial charge in [0.05, 0.1) is 31.4 Å². The van der Waals surface area contributed by atoms with Crippen molar-refractivity contribution in [3.8, 4) is 12.1 Å². The lowest BCUT2D eigenvalue weighted by Crippen LogP contribution is -2.36. The molecule has 0 heterocycles. The molecule has 0 fully saturated rings. The molecular formula is C18H18ClN3O4. The topological polar surface area (TPSA) is 111 Å². The average molecular weight is 376 g/mol. The minimum Gasteiger partial charge on any atom is -0.456 e. The highest BCUT2D eigenvalue weighted by Gasteiger charge is 2.16. The summed E-state index contributed by atoms with van der Waals surface area (Å²) in [5, 5.41) is 17.7. The monoisotopic (exact) mass is 375 g/mol. The lowest BCUT2D eigenvalue weighted by atomic mass is 10.1. The number of halogens is 1. The van der Waals surface area contributed by atoms with Crippen molar-refractivity contribution in [1.29, 1.82) is 10.5 Å². The number of ether oxygens (including phenoxy) is 1. The fourth-order valence-electron chi connectivity index (χ4n) is 2.03. The van der Waals surface area contributed by atoms with Crippen LogP contribution < -0.4 is 0 Å². The number of nitriles is 2. The molecule has 0 unspecified atom stereocenters. The maximum absolute atomic E-state index is 12.0. The maximum Gasteiger partial charge on any atom is 0.306 e. The van der Waals surface area contributed by atoms with Gasteiger partial charge in [-0.3, -0.25) is 14.4 Å². The van der Waals surface area contributed by atoms with Gasteiger partial charge in [-0.15, -0.1) is 0 Å². The van der Waals surface area contributed by atoms with Crippen molar-refractivity contribution in [3.63, 3.8) is 0 Å². The Bertz CT molecular complexity index is 701. The number of benzene rings is 1. The first-order valence-electron chi connectivity index (χ1n) is 7.94. The summed E-state index contributed by atoms with van der Waals surface area (Å²) in [5.41, 5.74) is 0.442. The van der Waals surface area contributed by atoms with Gasteiger partial charge in [0.2, 0.25) is 0 Å². The zero-order valence-electron chi connectivity index (χ0n) is 14.1. The fraction of sp³-hybridized carbons (Fsp3) is 0.389. The van der Waals surface area contributed by atoms with Crippen LogP contribution >= 0.6 is 11.6 Å². The molecule has 0 saturated carbocycles. The molecule has 1 aromatic carbocycles. The van der Waals surface area contributed by atoms with Crippen LogP contribution in [0, 0.1) is 22.7 Å². The quantitative estimate of drug-likeness (QED) is 0.458. The number of hydrogen-bond acceptors (Lipinski definition) is 6. The van der Waals surface area contributed by atoms with Gasteiger partial charge in [0, 0.05) is 30.1 Å². The van der Waals surface area contributed by atoms with Gasteiger partial charge in [0.25, 0.3) is 5.91 Å². The number of rotatable bonds is 10. The number of nitrogens with zero attached hydrogens (tertiary/aromatic N) is 3. The molecular weight excluding hydrogens is 358 g/mol. The average Bonchev–Trinajstić information content (AvgIpc) is 2.64. The van der Waals surface area contributed by atoms with E-state index in [4.69, 9.17) is 26.9 Å². The summed E-state index contributed by atoms with van der Waals surface area (Å²) in [6.45, 7) is -0.141. The van der Waals surface area contributed by atoms with Gasteiger partial charge < -0.3 is 9.64 Å². The van der Waals surface area contributed by atoms with Crippen LogP contribution in [-0.2, 0) is 14.3 Å². The van der Waals surface area contributed by atoms with Gasteiger partial charge in [-0.05, 0) is 24.3 Å². The Morgan fingerprint density at radius 2 is 1.58 bits per heavy atom. The number of esters is 1. The molecule has 1 aromatic rings. The van der Waals surface area contributed by atoms with E-state index in [1.54, 1.807) is 24.3 Å². The molecule has 7 nitrogen and oxygen atoms in total. The Morgan fingerprint density at radius 1 is 1.00 bits per heavy atom. The van der Waals surface area contributed by atoms with E-state index in [0.717, 1.165) is 0 Å². The summed E-state index contributed by atoms with van der Waals surface area (Å²) in [4.78, 5) is 37.0. The van der Waals surface area contributed by atoms with Crippen molar-refractivity contribution in [1.82, 2.24) is 4.90 Å². The summed E-state index contributed by atoms with van der Waals surface area (Å²) in [6, 6.07) is 10.1. The third-order valence-corrected chi connectivity index (χ3v) is 3.67. The largest absolute Gasteiger partial charge is 0.456 e. The van der Waals surface area contributed by atoms with Crippen molar-refractivity contribution < 1.29 is 19.1 Å².